The Morgan fingerprint density at radius 3 is 2.69 bits per heavy atom. The number of halogens is 1. The van der Waals surface area contributed by atoms with E-state index in [-0.39, 0.29) is 11.5 Å². The van der Waals surface area contributed by atoms with Crippen LogP contribution in [-0.2, 0) is 5.66 Å². The third kappa shape index (κ3) is 1.46. The molecule has 0 saturated carbocycles. The standard InChI is InChI=1S/C13H17FN2/c14-12-5-3-11(4-6-12)13-7-1-9-16(13)10-2-8-15-13/h3-6,15H,1-2,7-10H2/t13-/m1/s1. The van der Waals surface area contributed by atoms with Crippen molar-refractivity contribution in [1.82, 2.24) is 10.2 Å². The number of nitrogens with one attached hydrogen (secondary N) is 1. The van der Waals surface area contributed by atoms with E-state index >= 15 is 0 Å². The molecule has 0 aromatic heterocycles. The van der Waals surface area contributed by atoms with E-state index in [4.69, 9.17) is 0 Å². The van der Waals surface area contributed by atoms with E-state index in [0.29, 0.717) is 0 Å². The first-order chi connectivity index (χ1) is 7.81. The minimum absolute atomic E-state index is 0.00799. The Morgan fingerprint density at radius 2 is 1.88 bits per heavy atom. The summed E-state index contributed by atoms with van der Waals surface area (Å²) in [4.78, 5) is 2.50. The summed E-state index contributed by atoms with van der Waals surface area (Å²) in [5, 5.41) is 3.63. The van der Waals surface area contributed by atoms with E-state index < -0.39 is 0 Å². The van der Waals surface area contributed by atoms with Crippen LogP contribution in [0.3, 0.4) is 0 Å². The van der Waals surface area contributed by atoms with E-state index in [2.05, 4.69) is 10.2 Å². The fourth-order valence-electron chi connectivity index (χ4n) is 3.10. The lowest BCUT2D eigenvalue weighted by atomic mass is 9.94. The first kappa shape index (κ1) is 10.2. The van der Waals surface area contributed by atoms with Crippen molar-refractivity contribution in [3.63, 3.8) is 0 Å². The average Bonchev–Trinajstić information content (AvgIpc) is 2.74. The van der Waals surface area contributed by atoms with Crippen LogP contribution in [0.5, 0.6) is 0 Å². The second-order valence-corrected chi connectivity index (χ2v) is 4.74. The van der Waals surface area contributed by atoms with Gasteiger partial charge in [0.05, 0.1) is 5.66 Å². The van der Waals surface area contributed by atoms with Crippen LogP contribution in [0.4, 0.5) is 4.39 Å². The van der Waals surface area contributed by atoms with Crippen molar-refractivity contribution in [3.05, 3.63) is 35.6 Å². The predicted molar refractivity (Wildman–Crippen MR) is 61.5 cm³/mol. The fraction of sp³-hybridized carbons (Fsp3) is 0.538. The van der Waals surface area contributed by atoms with Crippen molar-refractivity contribution in [3.8, 4) is 0 Å². The van der Waals surface area contributed by atoms with Gasteiger partial charge >= 0.3 is 0 Å². The first-order valence-corrected chi connectivity index (χ1v) is 6.07. The van der Waals surface area contributed by atoms with Crippen molar-refractivity contribution >= 4 is 0 Å². The summed E-state index contributed by atoms with van der Waals surface area (Å²) in [5.74, 6) is -0.152. The largest absolute Gasteiger partial charge is 0.295 e. The molecule has 0 amide bonds. The number of nitrogens with zero attached hydrogens (tertiary/aromatic N) is 1. The van der Waals surface area contributed by atoms with Crippen LogP contribution in [0.25, 0.3) is 0 Å². The molecule has 86 valence electrons. The highest BCUT2D eigenvalue weighted by Gasteiger charge is 2.43. The van der Waals surface area contributed by atoms with Crippen molar-refractivity contribution < 1.29 is 4.39 Å². The molecule has 0 unspecified atom stereocenters. The van der Waals surface area contributed by atoms with E-state index in [9.17, 15) is 4.39 Å². The van der Waals surface area contributed by atoms with Gasteiger partial charge in [0.15, 0.2) is 0 Å². The van der Waals surface area contributed by atoms with Crippen molar-refractivity contribution in [2.45, 2.75) is 24.9 Å². The molecule has 0 bridgehead atoms. The summed E-state index contributed by atoms with van der Waals surface area (Å²) in [6.45, 7) is 3.38. The zero-order chi connectivity index (χ0) is 11.0. The van der Waals surface area contributed by atoms with E-state index in [1.165, 1.54) is 18.4 Å². The lowest BCUT2D eigenvalue weighted by Crippen LogP contribution is -2.56. The highest BCUT2D eigenvalue weighted by atomic mass is 19.1. The SMILES string of the molecule is Fc1ccc([C@@]23CCCN2CCCN3)cc1. The second-order valence-electron chi connectivity index (χ2n) is 4.74. The Hall–Kier alpha value is -0.930. The minimum Gasteiger partial charge on any atom is -0.295 e. The van der Waals surface area contributed by atoms with Crippen LogP contribution >= 0.6 is 0 Å². The quantitative estimate of drug-likeness (QED) is 0.779. The van der Waals surface area contributed by atoms with Gasteiger partial charge in [-0.15, -0.1) is 0 Å². The van der Waals surface area contributed by atoms with Gasteiger partial charge in [0.2, 0.25) is 0 Å². The molecule has 2 aliphatic rings. The molecule has 1 N–H and O–H groups in total. The van der Waals surface area contributed by atoms with Crippen molar-refractivity contribution in [1.29, 1.82) is 0 Å². The molecular formula is C13H17FN2. The maximum atomic E-state index is 13.0. The molecule has 2 nitrogen and oxygen atoms in total. The lowest BCUT2D eigenvalue weighted by molar-refractivity contribution is 0.0656. The number of fused-ring (bicyclic) bond motifs is 1. The van der Waals surface area contributed by atoms with Gasteiger partial charge in [0.25, 0.3) is 0 Å². The van der Waals surface area contributed by atoms with E-state index in [1.54, 1.807) is 12.1 Å². The monoisotopic (exact) mass is 220 g/mol. The summed E-state index contributed by atoms with van der Waals surface area (Å²) in [6.07, 6.45) is 3.58. The van der Waals surface area contributed by atoms with Crippen LogP contribution in [0.2, 0.25) is 0 Å². The van der Waals surface area contributed by atoms with Crippen LogP contribution in [0, 0.1) is 5.82 Å². The molecule has 3 heteroatoms. The van der Waals surface area contributed by atoms with Gasteiger partial charge in [-0.3, -0.25) is 10.2 Å². The number of benzene rings is 1. The maximum Gasteiger partial charge on any atom is 0.123 e. The highest BCUT2D eigenvalue weighted by Crippen LogP contribution is 2.38. The number of rotatable bonds is 1. The third-order valence-electron chi connectivity index (χ3n) is 3.85. The van der Waals surface area contributed by atoms with Gasteiger partial charge in [0, 0.05) is 13.1 Å². The Balaban J connectivity index is 1.98. The normalized spacial score (nSPS) is 30.3. The topological polar surface area (TPSA) is 15.3 Å². The summed E-state index contributed by atoms with van der Waals surface area (Å²) in [5.41, 5.74) is 1.21. The van der Waals surface area contributed by atoms with Gasteiger partial charge in [0.1, 0.15) is 5.82 Å². The maximum absolute atomic E-state index is 13.0. The Labute approximate surface area is 95.4 Å². The molecule has 1 atom stereocenters. The molecule has 0 aliphatic carbocycles. The van der Waals surface area contributed by atoms with Crippen molar-refractivity contribution in [2.75, 3.05) is 19.6 Å². The molecule has 0 radical (unpaired) electrons. The molecule has 3 rings (SSSR count). The molecular weight excluding hydrogens is 203 g/mol. The summed E-state index contributed by atoms with van der Waals surface area (Å²) >= 11 is 0. The Morgan fingerprint density at radius 1 is 1.12 bits per heavy atom. The predicted octanol–water partition coefficient (Wildman–Crippen LogP) is 2.07. The van der Waals surface area contributed by atoms with Crippen LogP contribution < -0.4 is 5.32 Å². The van der Waals surface area contributed by atoms with E-state index in [1.807, 2.05) is 12.1 Å². The van der Waals surface area contributed by atoms with Crippen LogP contribution in [0.1, 0.15) is 24.8 Å². The molecule has 1 aromatic carbocycles. The summed E-state index contributed by atoms with van der Waals surface area (Å²) < 4.78 is 13.0. The van der Waals surface area contributed by atoms with Gasteiger partial charge in [-0.25, -0.2) is 4.39 Å². The third-order valence-corrected chi connectivity index (χ3v) is 3.85. The van der Waals surface area contributed by atoms with Crippen molar-refractivity contribution in [2.24, 2.45) is 0 Å². The van der Waals surface area contributed by atoms with Crippen LogP contribution in [-0.4, -0.2) is 24.5 Å². The molecule has 2 heterocycles. The minimum atomic E-state index is -0.152. The molecule has 16 heavy (non-hydrogen) atoms. The fourth-order valence-corrected chi connectivity index (χ4v) is 3.10. The summed E-state index contributed by atoms with van der Waals surface area (Å²) in [7, 11) is 0. The molecule has 2 fully saturated rings. The molecule has 1 aromatic rings. The van der Waals surface area contributed by atoms with Gasteiger partial charge in [-0.2, -0.15) is 0 Å². The Kier molecular flexibility index (Phi) is 2.45. The van der Waals surface area contributed by atoms with Gasteiger partial charge < -0.3 is 0 Å². The smallest absolute Gasteiger partial charge is 0.123 e. The second kappa shape index (κ2) is 3.82. The zero-order valence-electron chi connectivity index (χ0n) is 9.38. The summed E-state index contributed by atoms with van der Waals surface area (Å²) in [6, 6.07) is 6.98. The van der Waals surface area contributed by atoms with Gasteiger partial charge in [-0.1, -0.05) is 12.1 Å². The Bertz CT molecular complexity index is 376. The number of hydrogen-bond acceptors (Lipinski definition) is 2. The lowest BCUT2D eigenvalue weighted by Gasteiger charge is -2.43. The molecule has 0 spiro atoms. The van der Waals surface area contributed by atoms with E-state index in [0.717, 1.165) is 26.1 Å². The number of hydrogen-bond donors (Lipinski definition) is 1. The van der Waals surface area contributed by atoms with Crippen LogP contribution in [0.15, 0.2) is 24.3 Å². The zero-order valence-corrected chi connectivity index (χ0v) is 9.38. The first-order valence-electron chi connectivity index (χ1n) is 6.07. The van der Waals surface area contributed by atoms with Gasteiger partial charge in [-0.05, 0) is 43.5 Å². The molecule has 2 saturated heterocycles. The highest BCUT2D eigenvalue weighted by molar-refractivity contribution is 5.26. The average molecular weight is 220 g/mol. The molecule has 2 aliphatic heterocycles.